The Morgan fingerprint density at radius 1 is 1.06 bits per heavy atom. The minimum Gasteiger partial charge on any atom is -0.462 e. The number of halogens is 1. The van der Waals surface area contributed by atoms with Crippen molar-refractivity contribution in [3.05, 3.63) is 80.3 Å². The summed E-state index contributed by atoms with van der Waals surface area (Å²) in [7, 11) is 0. The number of nitrogens with two attached hydrogens (primary N) is 1. The Balaban J connectivity index is 2.01. The number of ether oxygens (including phenoxy) is 1. The summed E-state index contributed by atoms with van der Waals surface area (Å²) in [6, 6.07) is 15.0. The molecule has 0 aliphatic heterocycles. The zero-order chi connectivity index (χ0) is 23.0. The zero-order valence-electron chi connectivity index (χ0n) is 17.9. The van der Waals surface area contributed by atoms with E-state index in [9.17, 15) is 9.59 Å². The molecule has 7 heteroatoms. The van der Waals surface area contributed by atoms with E-state index in [4.69, 9.17) is 10.5 Å². The molecule has 0 saturated heterocycles. The molecule has 0 saturated carbocycles. The third-order valence-electron chi connectivity index (χ3n) is 5.19. The zero-order valence-corrected chi connectivity index (χ0v) is 20.3. The van der Waals surface area contributed by atoms with Gasteiger partial charge in [-0.15, -0.1) is 11.3 Å². The van der Waals surface area contributed by atoms with Crippen LogP contribution < -0.4 is 5.73 Å². The number of rotatable bonds is 5. The molecule has 0 atom stereocenters. The number of carbonyl (C=O) groups excluding carboxylic acids is 2. The molecular weight excluding hydrogens is 488 g/mol. The number of pyridine rings is 1. The molecule has 5 nitrogen and oxygen atoms in total. The van der Waals surface area contributed by atoms with Gasteiger partial charge < -0.3 is 10.5 Å². The molecule has 2 heterocycles. The normalized spacial score (nSPS) is 11.0. The maximum absolute atomic E-state index is 13.3. The van der Waals surface area contributed by atoms with E-state index < -0.39 is 5.97 Å². The number of esters is 1. The summed E-state index contributed by atoms with van der Waals surface area (Å²) < 4.78 is 6.24. The Morgan fingerprint density at radius 3 is 2.34 bits per heavy atom. The van der Waals surface area contributed by atoms with Crippen molar-refractivity contribution in [2.45, 2.75) is 20.8 Å². The molecular formula is C25H21BrN2O3S. The van der Waals surface area contributed by atoms with Crippen molar-refractivity contribution in [2.24, 2.45) is 0 Å². The molecule has 0 bridgehead atoms. The number of thiophene rings is 1. The summed E-state index contributed by atoms with van der Waals surface area (Å²) in [6.07, 6.45) is 0. The molecule has 2 N–H and O–H groups in total. The number of ketones is 1. The first kappa shape index (κ1) is 22.2. The number of aromatic nitrogens is 1. The molecule has 4 rings (SSSR count). The van der Waals surface area contributed by atoms with Gasteiger partial charge in [-0.2, -0.15) is 0 Å². The second kappa shape index (κ2) is 8.84. The van der Waals surface area contributed by atoms with Gasteiger partial charge in [0.05, 0.1) is 23.6 Å². The Labute approximate surface area is 198 Å². The highest BCUT2D eigenvalue weighted by Gasteiger charge is 2.27. The highest BCUT2D eigenvalue weighted by atomic mass is 79.9. The summed E-state index contributed by atoms with van der Waals surface area (Å²) in [5.41, 5.74) is 10.8. The summed E-state index contributed by atoms with van der Waals surface area (Å²) in [5, 5.41) is 0.599. The average Bonchev–Trinajstić information content (AvgIpc) is 3.09. The van der Waals surface area contributed by atoms with Gasteiger partial charge >= 0.3 is 5.97 Å². The number of nitrogen functional groups attached to an aromatic ring is 1. The maximum Gasteiger partial charge on any atom is 0.340 e. The van der Waals surface area contributed by atoms with Crippen LogP contribution in [0.1, 0.15) is 43.8 Å². The Bertz CT molecular complexity index is 1340. The highest BCUT2D eigenvalue weighted by molar-refractivity contribution is 9.10. The first-order valence-electron chi connectivity index (χ1n) is 10.1. The van der Waals surface area contributed by atoms with E-state index in [1.54, 1.807) is 26.0 Å². The van der Waals surface area contributed by atoms with Gasteiger partial charge in [-0.3, -0.25) is 4.79 Å². The van der Waals surface area contributed by atoms with Gasteiger partial charge in [-0.05, 0) is 38.5 Å². The Kier molecular flexibility index (Phi) is 6.13. The van der Waals surface area contributed by atoms with Crippen molar-refractivity contribution >= 4 is 54.9 Å². The molecule has 2 aromatic carbocycles. The monoisotopic (exact) mass is 508 g/mol. The minimum absolute atomic E-state index is 0.164. The van der Waals surface area contributed by atoms with Crippen molar-refractivity contribution in [3.8, 4) is 11.1 Å². The predicted molar refractivity (Wildman–Crippen MR) is 132 cm³/mol. The van der Waals surface area contributed by atoms with Crippen molar-refractivity contribution in [1.29, 1.82) is 0 Å². The average molecular weight is 509 g/mol. The van der Waals surface area contributed by atoms with Gasteiger partial charge in [0.25, 0.3) is 0 Å². The summed E-state index contributed by atoms with van der Waals surface area (Å²) in [5.74, 6) is -0.628. The molecule has 0 amide bonds. The summed E-state index contributed by atoms with van der Waals surface area (Å²) >= 11 is 4.70. The van der Waals surface area contributed by atoms with Crippen molar-refractivity contribution in [2.75, 3.05) is 12.3 Å². The van der Waals surface area contributed by atoms with E-state index >= 15 is 0 Å². The first-order valence-corrected chi connectivity index (χ1v) is 11.7. The van der Waals surface area contributed by atoms with Crippen LogP contribution in [0.2, 0.25) is 0 Å². The van der Waals surface area contributed by atoms with E-state index in [1.165, 1.54) is 11.3 Å². The van der Waals surface area contributed by atoms with Crippen LogP contribution in [0, 0.1) is 13.8 Å². The Hall–Kier alpha value is -3.03. The molecule has 0 aliphatic carbocycles. The van der Waals surface area contributed by atoms with E-state index in [0.717, 1.165) is 15.6 Å². The number of fused-ring (bicyclic) bond motifs is 1. The molecule has 32 heavy (non-hydrogen) atoms. The van der Waals surface area contributed by atoms with Gasteiger partial charge in [0.1, 0.15) is 9.71 Å². The number of hydrogen-bond donors (Lipinski definition) is 1. The van der Waals surface area contributed by atoms with E-state index in [-0.39, 0.29) is 12.4 Å². The van der Waals surface area contributed by atoms with Crippen molar-refractivity contribution in [3.63, 3.8) is 0 Å². The number of benzene rings is 2. The van der Waals surface area contributed by atoms with Crippen molar-refractivity contribution in [1.82, 2.24) is 4.98 Å². The number of nitrogens with zero attached hydrogens (tertiary/aromatic N) is 1. The van der Waals surface area contributed by atoms with Gasteiger partial charge in [-0.25, -0.2) is 9.78 Å². The van der Waals surface area contributed by atoms with E-state index in [2.05, 4.69) is 20.9 Å². The number of carbonyl (C=O) groups is 2. The molecule has 0 spiro atoms. The lowest BCUT2D eigenvalue weighted by atomic mass is 9.95. The highest BCUT2D eigenvalue weighted by Crippen LogP contribution is 2.43. The predicted octanol–water partition coefficient (Wildman–Crippen LogP) is 6.33. The van der Waals surface area contributed by atoms with Gasteiger partial charge in [0, 0.05) is 21.0 Å². The molecule has 0 aliphatic rings. The number of anilines is 1. The lowest BCUT2D eigenvalue weighted by Gasteiger charge is -2.14. The van der Waals surface area contributed by atoms with E-state index in [0.29, 0.717) is 43.2 Å². The minimum atomic E-state index is -0.464. The van der Waals surface area contributed by atoms with Crippen LogP contribution in [0.15, 0.2) is 53.0 Å². The van der Waals surface area contributed by atoms with Crippen LogP contribution in [0.25, 0.3) is 21.3 Å². The molecule has 0 unspecified atom stereocenters. The van der Waals surface area contributed by atoms with Gasteiger partial charge in [0.15, 0.2) is 0 Å². The van der Waals surface area contributed by atoms with Crippen LogP contribution in [-0.2, 0) is 4.74 Å². The maximum atomic E-state index is 13.3. The fourth-order valence-electron chi connectivity index (χ4n) is 3.63. The second-order valence-corrected chi connectivity index (χ2v) is 9.31. The smallest absolute Gasteiger partial charge is 0.340 e. The fraction of sp³-hybridized carbons (Fsp3) is 0.160. The lowest BCUT2D eigenvalue weighted by molar-refractivity contribution is 0.0526. The van der Waals surface area contributed by atoms with Crippen LogP contribution >= 0.6 is 27.3 Å². The first-order chi connectivity index (χ1) is 15.3. The third-order valence-corrected chi connectivity index (χ3v) is 6.82. The van der Waals surface area contributed by atoms with Gasteiger partial charge in [0.2, 0.25) is 5.78 Å². The quantitative estimate of drug-likeness (QED) is 0.251. The van der Waals surface area contributed by atoms with E-state index in [1.807, 2.05) is 43.3 Å². The molecule has 162 valence electrons. The molecule has 2 aromatic heterocycles. The SMILES string of the molecule is CCOC(=O)c1c(C)nc2sc(C(=O)c3ccc(C)cc3)c(N)c2c1-c1ccc(Br)cc1. The third kappa shape index (κ3) is 3.94. The summed E-state index contributed by atoms with van der Waals surface area (Å²) in [6.45, 7) is 5.74. The van der Waals surface area contributed by atoms with Crippen LogP contribution in [0.3, 0.4) is 0 Å². The molecule has 0 radical (unpaired) electrons. The Morgan fingerprint density at radius 2 is 1.72 bits per heavy atom. The fourth-order valence-corrected chi connectivity index (χ4v) is 5.01. The molecule has 4 aromatic rings. The summed E-state index contributed by atoms with van der Waals surface area (Å²) in [4.78, 5) is 31.8. The topological polar surface area (TPSA) is 82.3 Å². The largest absolute Gasteiger partial charge is 0.462 e. The standard InChI is InChI=1S/C25H21BrN2O3S/c1-4-31-25(30)18-14(3)28-24-20(19(18)15-9-11-17(26)12-10-15)21(27)23(32-24)22(29)16-7-5-13(2)6-8-16/h5-12H,4,27H2,1-3H3. The van der Waals surface area contributed by atoms with Crippen LogP contribution in [0.4, 0.5) is 5.69 Å². The van der Waals surface area contributed by atoms with Gasteiger partial charge in [-0.1, -0.05) is 57.9 Å². The number of aryl methyl sites for hydroxylation is 2. The second-order valence-electron chi connectivity index (χ2n) is 7.39. The number of hydrogen-bond acceptors (Lipinski definition) is 6. The lowest BCUT2D eigenvalue weighted by Crippen LogP contribution is -2.10. The molecule has 0 fully saturated rings. The van der Waals surface area contributed by atoms with Crippen LogP contribution in [0.5, 0.6) is 0 Å². The van der Waals surface area contributed by atoms with Crippen molar-refractivity contribution < 1.29 is 14.3 Å². The van der Waals surface area contributed by atoms with Crippen LogP contribution in [-0.4, -0.2) is 23.3 Å².